The number of carbonyl (C=O) groups is 1. The van der Waals surface area contributed by atoms with Crippen molar-refractivity contribution in [2.75, 3.05) is 19.6 Å². The SMILES string of the molecule is Cc1nn(C)c(Cl)c1CN1CCCNCC1=O. The maximum atomic E-state index is 11.8. The molecule has 1 saturated heterocycles. The summed E-state index contributed by atoms with van der Waals surface area (Å²) in [6.45, 7) is 4.55. The molecule has 94 valence electrons. The van der Waals surface area contributed by atoms with E-state index in [9.17, 15) is 4.79 Å². The van der Waals surface area contributed by atoms with Gasteiger partial charge in [-0.2, -0.15) is 5.10 Å². The minimum Gasteiger partial charge on any atom is -0.337 e. The topological polar surface area (TPSA) is 50.2 Å². The van der Waals surface area contributed by atoms with Crippen LogP contribution >= 0.6 is 11.6 Å². The van der Waals surface area contributed by atoms with E-state index in [1.165, 1.54) is 0 Å². The molecule has 0 spiro atoms. The van der Waals surface area contributed by atoms with Gasteiger partial charge in [0.1, 0.15) is 5.15 Å². The van der Waals surface area contributed by atoms with Crippen LogP contribution in [0.15, 0.2) is 0 Å². The van der Waals surface area contributed by atoms with Gasteiger partial charge in [0.15, 0.2) is 0 Å². The average Bonchev–Trinajstić information content (AvgIpc) is 2.45. The summed E-state index contributed by atoms with van der Waals surface area (Å²) in [5.41, 5.74) is 1.84. The van der Waals surface area contributed by atoms with Crippen molar-refractivity contribution in [3.63, 3.8) is 0 Å². The molecule has 1 N–H and O–H groups in total. The van der Waals surface area contributed by atoms with Crippen LogP contribution < -0.4 is 5.32 Å². The molecule has 1 aliphatic heterocycles. The fraction of sp³-hybridized carbons (Fsp3) is 0.636. The minimum absolute atomic E-state index is 0.127. The summed E-state index contributed by atoms with van der Waals surface area (Å²) in [6, 6.07) is 0. The Kier molecular flexibility index (Phi) is 3.69. The van der Waals surface area contributed by atoms with Crippen molar-refractivity contribution in [1.82, 2.24) is 20.0 Å². The number of aryl methyl sites for hydroxylation is 2. The first-order chi connectivity index (χ1) is 8.09. The van der Waals surface area contributed by atoms with Crippen molar-refractivity contribution in [2.24, 2.45) is 7.05 Å². The maximum Gasteiger partial charge on any atom is 0.236 e. The van der Waals surface area contributed by atoms with Gasteiger partial charge < -0.3 is 10.2 Å². The lowest BCUT2D eigenvalue weighted by Crippen LogP contribution is -2.34. The summed E-state index contributed by atoms with van der Waals surface area (Å²) < 4.78 is 1.65. The van der Waals surface area contributed by atoms with E-state index in [0.717, 1.165) is 30.8 Å². The zero-order valence-corrected chi connectivity index (χ0v) is 10.9. The Bertz CT molecular complexity index is 429. The van der Waals surface area contributed by atoms with Crippen LogP contribution in [0.4, 0.5) is 0 Å². The molecule has 0 saturated carbocycles. The van der Waals surface area contributed by atoms with Gasteiger partial charge in [0.25, 0.3) is 0 Å². The summed E-state index contributed by atoms with van der Waals surface area (Å²) in [4.78, 5) is 13.7. The molecular formula is C11H17ClN4O. The fourth-order valence-electron chi connectivity index (χ4n) is 2.04. The third-order valence-electron chi connectivity index (χ3n) is 3.03. The molecule has 1 aliphatic rings. The van der Waals surface area contributed by atoms with Gasteiger partial charge in [-0.05, 0) is 19.9 Å². The number of hydrogen-bond donors (Lipinski definition) is 1. The minimum atomic E-state index is 0.127. The van der Waals surface area contributed by atoms with Gasteiger partial charge in [-0.15, -0.1) is 0 Å². The predicted molar refractivity (Wildman–Crippen MR) is 65.9 cm³/mol. The number of amides is 1. The lowest BCUT2D eigenvalue weighted by atomic mass is 10.2. The molecule has 0 bridgehead atoms. The van der Waals surface area contributed by atoms with Crippen molar-refractivity contribution < 1.29 is 4.79 Å². The van der Waals surface area contributed by atoms with Crippen LogP contribution in [-0.2, 0) is 18.4 Å². The van der Waals surface area contributed by atoms with Gasteiger partial charge in [0.05, 0.1) is 18.8 Å². The zero-order valence-electron chi connectivity index (χ0n) is 10.2. The largest absolute Gasteiger partial charge is 0.337 e. The molecule has 0 unspecified atom stereocenters. The third kappa shape index (κ3) is 2.61. The molecule has 2 rings (SSSR count). The lowest BCUT2D eigenvalue weighted by Gasteiger charge is -2.19. The van der Waals surface area contributed by atoms with E-state index in [1.54, 1.807) is 4.68 Å². The smallest absolute Gasteiger partial charge is 0.236 e. The zero-order chi connectivity index (χ0) is 12.4. The molecule has 1 aromatic heterocycles. The van der Waals surface area contributed by atoms with Gasteiger partial charge in [-0.3, -0.25) is 9.48 Å². The van der Waals surface area contributed by atoms with Gasteiger partial charge in [-0.1, -0.05) is 11.6 Å². The van der Waals surface area contributed by atoms with E-state index in [2.05, 4.69) is 10.4 Å². The Balaban J connectivity index is 2.16. The molecule has 0 aromatic carbocycles. The van der Waals surface area contributed by atoms with Crippen molar-refractivity contribution in [1.29, 1.82) is 0 Å². The molecule has 1 aromatic rings. The van der Waals surface area contributed by atoms with Crippen molar-refractivity contribution in [3.05, 3.63) is 16.4 Å². The highest BCUT2D eigenvalue weighted by atomic mass is 35.5. The molecule has 5 nitrogen and oxygen atoms in total. The standard InChI is InChI=1S/C11H17ClN4O/c1-8-9(11(12)15(2)14-8)7-16-5-3-4-13-6-10(16)17/h13H,3-7H2,1-2H3. The Labute approximate surface area is 106 Å². The highest BCUT2D eigenvalue weighted by Gasteiger charge is 2.20. The summed E-state index contributed by atoms with van der Waals surface area (Å²) in [5, 5.41) is 7.98. The van der Waals surface area contributed by atoms with Gasteiger partial charge in [0.2, 0.25) is 5.91 Å². The second-order valence-corrected chi connectivity index (χ2v) is 4.68. The van der Waals surface area contributed by atoms with Crippen LogP contribution in [0.2, 0.25) is 5.15 Å². The molecule has 0 aliphatic carbocycles. The molecule has 1 amide bonds. The monoisotopic (exact) mass is 256 g/mol. The number of aromatic nitrogens is 2. The average molecular weight is 257 g/mol. The molecule has 0 radical (unpaired) electrons. The first kappa shape index (κ1) is 12.4. The van der Waals surface area contributed by atoms with Gasteiger partial charge >= 0.3 is 0 Å². The summed E-state index contributed by atoms with van der Waals surface area (Å²) >= 11 is 6.17. The van der Waals surface area contributed by atoms with Crippen molar-refractivity contribution in [2.45, 2.75) is 19.9 Å². The number of rotatable bonds is 2. The molecule has 17 heavy (non-hydrogen) atoms. The lowest BCUT2D eigenvalue weighted by molar-refractivity contribution is -0.130. The Morgan fingerprint density at radius 1 is 1.53 bits per heavy atom. The quantitative estimate of drug-likeness (QED) is 0.848. The van der Waals surface area contributed by atoms with Crippen LogP contribution in [0.3, 0.4) is 0 Å². The highest BCUT2D eigenvalue weighted by Crippen LogP contribution is 2.20. The van der Waals surface area contributed by atoms with E-state index < -0.39 is 0 Å². The summed E-state index contributed by atoms with van der Waals surface area (Å²) in [5.74, 6) is 0.127. The second kappa shape index (κ2) is 5.06. The molecule has 2 heterocycles. The van der Waals surface area contributed by atoms with E-state index >= 15 is 0 Å². The fourth-order valence-corrected chi connectivity index (χ4v) is 2.27. The first-order valence-corrected chi connectivity index (χ1v) is 6.14. The number of hydrogen-bond acceptors (Lipinski definition) is 3. The Hall–Kier alpha value is -1.07. The molecule has 0 atom stereocenters. The third-order valence-corrected chi connectivity index (χ3v) is 3.50. The number of halogens is 1. The predicted octanol–water partition coefficient (Wildman–Crippen LogP) is 0.704. The van der Waals surface area contributed by atoms with Crippen LogP contribution in [-0.4, -0.2) is 40.2 Å². The van der Waals surface area contributed by atoms with Crippen LogP contribution in [0.1, 0.15) is 17.7 Å². The summed E-state index contributed by atoms with van der Waals surface area (Å²) in [7, 11) is 1.81. The molecule has 6 heteroatoms. The van der Waals surface area contributed by atoms with Crippen molar-refractivity contribution >= 4 is 17.5 Å². The van der Waals surface area contributed by atoms with E-state index in [-0.39, 0.29) is 5.91 Å². The summed E-state index contributed by atoms with van der Waals surface area (Å²) in [6.07, 6.45) is 0.975. The van der Waals surface area contributed by atoms with Gasteiger partial charge in [0, 0.05) is 19.2 Å². The second-order valence-electron chi connectivity index (χ2n) is 4.32. The molecule has 1 fully saturated rings. The van der Waals surface area contributed by atoms with Crippen LogP contribution in [0.25, 0.3) is 0 Å². The van der Waals surface area contributed by atoms with Gasteiger partial charge in [-0.25, -0.2) is 0 Å². The van der Waals surface area contributed by atoms with Crippen LogP contribution in [0, 0.1) is 6.92 Å². The van der Waals surface area contributed by atoms with Crippen molar-refractivity contribution in [3.8, 4) is 0 Å². The van der Waals surface area contributed by atoms with E-state index in [0.29, 0.717) is 18.2 Å². The number of carbonyl (C=O) groups excluding carboxylic acids is 1. The number of nitrogens with one attached hydrogen (secondary N) is 1. The number of nitrogens with zero attached hydrogens (tertiary/aromatic N) is 3. The normalized spacial score (nSPS) is 17.4. The maximum absolute atomic E-state index is 11.8. The Morgan fingerprint density at radius 2 is 2.29 bits per heavy atom. The molecular weight excluding hydrogens is 240 g/mol. The Morgan fingerprint density at radius 3 is 2.94 bits per heavy atom. The van der Waals surface area contributed by atoms with Crippen LogP contribution in [0.5, 0.6) is 0 Å². The highest BCUT2D eigenvalue weighted by molar-refractivity contribution is 6.30. The van der Waals surface area contributed by atoms with E-state index in [1.807, 2.05) is 18.9 Å². The van der Waals surface area contributed by atoms with E-state index in [4.69, 9.17) is 11.6 Å². The first-order valence-electron chi connectivity index (χ1n) is 5.76.